The topological polar surface area (TPSA) is 77.8 Å². The number of rotatable bonds is 11. The number of aliphatic hydroxyl groups is 2. The SMILES string of the molecule is O=C(O)CCCCCCCCCC(O)CO. The zero-order valence-corrected chi connectivity index (χ0v) is 9.90. The van der Waals surface area contributed by atoms with Gasteiger partial charge in [0.15, 0.2) is 0 Å². The highest BCUT2D eigenvalue weighted by atomic mass is 16.4. The second-order valence-electron chi connectivity index (χ2n) is 4.24. The highest BCUT2D eigenvalue weighted by Crippen LogP contribution is 2.10. The van der Waals surface area contributed by atoms with Gasteiger partial charge in [0.05, 0.1) is 12.7 Å². The van der Waals surface area contributed by atoms with Gasteiger partial charge < -0.3 is 15.3 Å². The zero-order valence-electron chi connectivity index (χ0n) is 9.90. The lowest BCUT2D eigenvalue weighted by molar-refractivity contribution is -0.137. The Bertz CT molecular complexity index is 170. The standard InChI is InChI=1S/C12H24O4/c13-10-11(14)8-6-4-2-1-3-5-7-9-12(15)16/h11,13-14H,1-10H2,(H,15,16). The van der Waals surface area contributed by atoms with E-state index < -0.39 is 12.1 Å². The van der Waals surface area contributed by atoms with Crippen molar-refractivity contribution < 1.29 is 20.1 Å². The van der Waals surface area contributed by atoms with E-state index >= 15 is 0 Å². The molecule has 1 atom stereocenters. The van der Waals surface area contributed by atoms with Crippen molar-refractivity contribution in [3.8, 4) is 0 Å². The second kappa shape index (κ2) is 10.9. The fraction of sp³-hybridized carbons (Fsp3) is 0.917. The summed E-state index contributed by atoms with van der Waals surface area (Å²) < 4.78 is 0. The summed E-state index contributed by atoms with van der Waals surface area (Å²) in [6.45, 7) is -0.144. The predicted molar refractivity (Wildman–Crippen MR) is 62.3 cm³/mol. The van der Waals surface area contributed by atoms with Gasteiger partial charge in [0, 0.05) is 6.42 Å². The van der Waals surface area contributed by atoms with Crippen LogP contribution in [0.2, 0.25) is 0 Å². The summed E-state index contributed by atoms with van der Waals surface area (Å²) in [6, 6.07) is 0. The summed E-state index contributed by atoms with van der Waals surface area (Å²) in [4.78, 5) is 10.2. The van der Waals surface area contributed by atoms with Crippen molar-refractivity contribution in [3.05, 3.63) is 0 Å². The molecule has 0 aliphatic rings. The molecule has 0 radical (unpaired) electrons. The highest BCUT2D eigenvalue weighted by molar-refractivity contribution is 5.66. The molecule has 0 aromatic carbocycles. The van der Waals surface area contributed by atoms with Crippen LogP contribution in [0.1, 0.15) is 57.8 Å². The molecule has 3 N–H and O–H groups in total. The molecule has 0 aliphatic carbocycles. The van der Waals surface area contributed by atoms with Gasteiger partial charge in [0.25, 0.3) is 0 Å². The van der Waals surface area contributed by atoms with Gasteiger partial charge in [-0.3, -0.25) is 4.79 Å². The van der Waals surface area contributed by atoms with Crippen LogP contribution in [0.4, 0.5) is 0 Å². The lowest BCUT2D eigenvalue weighted by Gasteiger charge is -2.06. The Morgan fingerprint density at radius 2 is 1.44 bits per heavy atom. The maximum absolute atomic E-state index is 10.2. The summed E-state index contributed by atoms with van der Waals surface area (Å²) in [5.74, 6) is -0.710. The van der Waals surface area contributed by atoms with Crippen LogP contribution in [0.15, 0.2) is 0 Å². The summed E-state index contributed by atoms with van der Waals surface area (Å²) >= 11 is 0. The van der Waals surface area contributed by atoms with Crippen molar-refractivity contribution in [2.75, 3.05) is 6.61 Å². The summed E-state index contributed by atoms with van der Waals surface area (Å²) in [5.41, 5.74) is 0. The van der Waals surface area contributed by atoms with E-state index in [1.54, 1.807) is 0 Å². The fourth-order valence-electron chi connectivity index (χ4n) is 1.63. The fourth-order valence-corrected chi connectivity index (χ4v) is 1.63. The van der Waals surface area contributed by atoms with E-state index in [4.69, 9.17) is 15.3 Å². The van der Waals surface area contributed by atoms with Crippen molar-refractivity contribution in [1.82, 2.24) is 0 Å². The van der Waals surface area contributed by atoms with Gasteiger partial charge in [-0.2, -0.15) is 0 Å². The van der Waals surface area contributed by atoms with Gasteiger partial charge >= 0.3 is 5.97 Å². The quantitative estimate of drug-likeness (QED) is 0.476. The Kier molecular flexibility index (Phi) is 10.5. The van der Waals surface area contributed by atoms with Crippen LogP contribution in [0.3, 0.4) is 0 Å². The average Bonchev–Trinajstić information content (AvgIpc) is 2.26. The average molecular weight is 232 g/mol. The molecule has 0 amide bonds. The maximum atomic E-state index is 10.2. The molecule has 0 heterocycles. The molecule has 4 heteroatoms. The first-order chi connectivity index (χ1) is 7.66. The third kappa shape index (κ3) is 11.5. The third-order valence-electron chi connectivity index (χ3n) is 2.64. The number of aliphatic carboxylic acids is 1. The number of carbonyl (C=O) groups is 1. The Balaban J connectivity index is 3.01. The van der Waals surface area contributed by atoms with Gasteiger partial charge in [-0.25, -0.2) is 0 Å². The number of unbranched alkanes of at least 4 members (excludes halogenated alkanes) is 6. The van der Waals surface area contributed by atoms with Gasteiger partial charge in [0.1, 0.15) is 0 Å². The number of hydrogen-bond acceptors (Lipinski definition) is 3. The highest BCUT2D eigenvalue weighted by Gasteiger charge is 2.00. The summed E-state index contributed by atoms with van der Waals surface area (Å²) in [7, 11) is 0. The van der Waals surface area contributed by atoms with E-state index in [0.717, 1.165) is 44.9 Å². The molecule has 0 aromatic rings. The van der Waals surface area contributed by atoms with Crippen LogP contribution in [-0.4, -0.2) is 34.0 Å². The molecule has 0 spiro atoms. The van der Waals surface area contributed by atoms with E-state index in [1.807, 2.05) is 0 Å². The molecule has 16 heavy (non-hydrogen) atoms. The minimum Gasteiger partial charge on any atom is -0.481 e. The molecule has 0 aliphatic heterocycles. The van der Waals surface area contributed by atoms with Gasteiger partial charge in [-0.15, -0.1) is 0 Å². The zero-order chi connectivity index (χ0) is 12.2. The summed E-state index contributed by atoms with van der Waals surface area (Å²) in [6.07, 6.45) is 7.56. The van der Waals surface area contributed by atoms with Crippen molar-refractivity contribution in [1.29, 1.82) is 0 Å². The Hall–Kier alpha value is -0.610. The maximum Gasteiger partial charge on any atom is 0.303 e. The van der Waals surface area contributed by atoms with E-state index in [0.29, 0.717) is 6.42 Å². The minimum atomic E-state index is -0.710. The molecule has 4 nitrogen and oxygen atoms in total. The molecule has 0 aromatic heterocycles. The number of carboxylic acid groups (broad SMARTS) is 1. The van der Waals surface area contributed by atoms with Crippen LogP contribution >= 0.6 is 0 Å². The van der Waals surface area contributed by atoms with E-state index in [9.17, 15) is 4.79 Å². The van der Waals surface area contributed by atoms with Crippen LogP contribution in [0, 0.1) is 0 Å². The molecule has 0 saturated heterocycles. The molecule has 0 bridgehead atoms. The van der Waals surface area contributed by atoms with Crippen molar-refractivity contribution in [2.24, 2.45) is 0 Å². The lowest BCUT2D eigenvalue weighted by Crippen LogP contribution is -2.10. The smallest absolute Gasteiger partial charge is 0.303 e. The van der Waals surface area contributed by atoms with E-state index in [-0.39, 0.29) is 13.0 Å². The van der Waals surface area contributed by atoms with Crippen molar-refractivity contribution >= 4 is 5.97 Å². The van der Waals surface area contributed by atoms with Crippen LogP contribution in [-0.2, 0) is 4.79 Å². The monoisotopic (exact) mass is 232 g/mol. The number of aliphatic hydroxyl groups excluding tert-OH is 2. The van der Waals surface area contributed by atoms with Crippen LogP contribution in [0.5, 0.6) is 0 Å². The largest absolute Gasteiger partial charge is 0.481 e. The van der Waals surface area contributed by atoms with Crippen molar-refractivity contribution in [3.63, 3.8) is 0 Å². The normalized spacial score (nSPS) is 12.6. The molecular weight excluding hydrogens is 208 g/mol. The number of hydrogen-bond donors (Lipinski definition) is 3. The van der Waals surface area contributed by atoms with Crippen molar-refractivity contribution in [2.45, 2.75) is 63.9 Å². The molecular formula is C12H24O4. The lowest BCUT2D eigenvalue weighted by atomic mass is 10.1. The first-order valence-corrected chi connectivity index (χ1v) is 6.17. The summed E-state index contributed by atoms with van der Waals surface area (Å²) in [5, 5.41) is 26.1. The predicted octanol–water partition coefficient (Wildman–Crippen LogP) is 1.94. The molecule has 0 rings (SSSR count). The first kappa shape index (κ1) is 15.4. The van der Waals surface area contributed by atoms with Crippen LogP contribution < -0.4 is 0 Å². The third-order valence-corrected chi connectivity index (χ3v) is 2.64. The van der Waals surface area contributed by atoms with Gasteiger partial charge in [0.2, 0.25) is 0 Å². The van der Waals surface area contributed by atoms with E-state index in [1.165, 1.54) is 0 Å². The van der Waals surface area contributed by atoms with Crippen LogP contribution in [0.25, 0.3) is 0 Å². The molecule has 0 saturated carbocycles. The Labute approximate surface area is 97.3 Å². The van der Waals surface area contributed by atoms with Gasteiger partial charge in [-0.1, -0.05) is 38.5 Å². The molecule has 1 unspecified atom stereocenters. The second-order valence-corrected chi connectivity index (χ2v) is 4.24. The minimum absolute atomic E-state index is 0.144. The molecule has 0 fully saturated rings. The van der Waals surface area contributed by atoms with E-state index in [2.05, 4.69) is 0 Å². The van der Waals surface area contributed by atoms with Gasteiger partial charge in [-0.05, 0) is 12.8 Å². The Morgan fingerprint density at radius 3 is 1.94 bits per heavy atom. The first-order valence-electron chi connectivity index (χ1n) is 6.17. The molecule has 96 valence electrons. The Morgan fingerprint density at radius 1 is 0.938 bits per heavy atom. The number of carboxylic acids is 1.